The van der Waals surface area contributed by atoms with Crippen LogP contribution in [0.1, 0.15) is 25.8 Å². The van der Waals surface area contributed by atoms with Crippen molar-refractivity contribution in [3.05, 3.63) is 29.8 Å². The van der Waals surface area contributed by atoms with Crippen LogP contribution in [0.15, 0.2) is 24.3 Å². The molecule has 0 aliphatic rings. The molecule has 1 rings (SSSR count). The molecule has 0 spiro atoms. The van der Waals surface area contributed by atoms with Gasteiger partial charge in [0.05, 0.1) is 6.61 Å². The number of aliphatic hydroxyl groups is 1. The molecule has 33 heavy (non-hydrogen) atoms. The fraction of sp³-hybridized carbons (Fsp3) is 0.524. The van der Waals surface area contributed by atoms with Gasteiger partial charge in [-0.2, -0.15) is 12.6 Å². The highest BCUT2D eigenvalue weighted by Gasteiger charge is 2.31. The molecule has 0 aliphatic carbocycles. The first-order chi connectivity index (χ1) is 15.5. The van der Waals surface area contributed by atoms with Crippen molar-refractivity contribution in [1.29, 1.82) is 0 Å². The number of phenolic OH excluding ortho intramolecular Hbond substituents is 1. The van der Waals surface area contributed by atoms with Gasteiger partial charge in [0, 0.05) is 12.2 Å². The lowest BCUT2D eigenvalue weighted by Crippen LogP contribution is -2.59. The number of benzene rings is 1. The van der Waals surface area contributed by atoms with Gasteiger partial charge in [0.1, 0.15) is 29.9 Å². The maximum Gasteiger partial charge on any atom is 0.326 e. The minimum Gasteiger partial charge on any atom is -0.508 e. The van der Waals surface area contributed by atoms with Crippen molar-refractivity contribution in [3.63, 3.8) is 0 Å². The molecule has 12 heteroatoms. The Morgan fingerprint density at radius 1 is 1.00 bits per heavy atom. The number of hydrogen-bond donors (Lipinski definition) is 8. The van der Waals surface area contributed by atoms with E-state index in [0.717, 1.165) is 0 Å². The Balaban J connectivity index is 3.01. The molecule has 1 aromatic carbocycles. The maximum atomic E-state index is 12.9. The minimum atomic E-state index is -1.25. The van der Waals surface area contributed by atoms with Crippen LogP contribution in [0.4, 0.5) is 0 Å². The van der Waals surface area contributed by atoms with Crippen LogP contribution in [-0.2, 0) is 25.6 Å². The standard InChI is InChI=1S/C21H32N4O7S/c1-3-11(2)17(21(31)32)25-20(30)16(10-33)24-19(29)15(23-18(28)14(22)9-26)8-12-4-6-13(27)7-5-12/h4-7,11,14-17,26-27,33H,3,8-10,22H2,1-2H3,(H,23,28)(H,24,29)(H,25,30)(H,31,32). The van der Waals surface area contributed by atoms with Crippen molar-refractivity contribution >= 4 is 36.3 Å². The van der Waals surface area contributed by atoms with Gasteiger partial charge in [0.2, 0.25) is 17.7 Å². The van der Waals surface area contributed by atoms with Crippen molar-refractivity contribution in [2.45, 2.75) is 50.9 Å². The zero-order chi connectivity index (χ0) is 25.1. The third-order valence-corrected chi connectivity index (χ3v) is 5.50. The third kappa shape index (κ3) is 8.91. The summed E-state index contributed by atoms with van der Waals surface area (Å²) >= 11 is 4.08. The summed E-state index contributed by atoms with van der Waals surface area (Å²) in [6.07, 6.45) is 0.516. The molecule has 1 aromatic rings. The zero-order valence-electron chi connectivity index (χ0n) is 18.5. The van der Waals surface area contributed by atoms with Crippen molar-refractivity contribution in [2.24, 2.45) is 11.7 Å². The van der Waals surface area contributed by atoms with Gasteiger partial charge in [-0.05, 0) is 23.6 Å². The van der Waals surface area contributed by atoms with Gasteiger partial charge in [0.25, 0.3) is 0 Å². The normalized spacial score (nSPS) is 15.4. The number of aromatic hydroxyl groups is 1. The number of nitrogens with two attached hydrogens (primary N) is 1. The number of carbonyl (C=O) groups excluding carboxylic acids is 3. The van der Waals surface area contributed by atoms with Crippen LogP contribution in [-0.4, -0.2) is 75.5 Å². The number of rotatable bonds is 13. The number of aliphatic hydroxyl groups excluding tert-OH is 1. The molecule has 11 nitrogen and oxygen atoms in total. The van der Waals surface area contributed by atoms with Crippen LogP contribution in [0.5, 0.6) is 5.75 Å². The summed E-state index contributed by atoms with van der Waals surface area (Å²) < 4.78 is 0. The number of aliphatic carboxylic acids is 1. The van der Waals surface area contributed by atoms with Gasteiger partial charge >= 0.3 is 5.97 Å². The smallest absolute Gasteiger partial charge is 0.326 e. The highest BCUT2D eigenvalue weighted by atomic mass is 32.1. The van der Waals surface area contributed by atoms with E-state index in [1.54, 1.807) is 26.0 Å². The van der Waals surface area contributed by atoms with E-state index in [1.165, 1.54) is 12.1 Å². The van der Waals surface area contributed by atoms with Crippen LogP contribution in [0.3, 0.4) is 0 Å². The molecule has 3 amide bonds. The van der Waals surface area contributed by atoms with Gasteiger partial charge in [-0.25, -0.2) is 4.79 Å². The maximum absolute atomic E-state index is 12.9. The lowest BCUT2D eigenvalue weighted by molar-refractivity contribution is -0.143. The van der Waals surface area contributed by atoms with E-state index in [9.17, 15) is 29.4 Å². The number of hydrogen-bond acceptors (Lipinski definition) is 8. The van der Waals surface area contributed by atoms with Gasteiger partial charge in [-0.3, -0.25) is 14.4 Å². The molecule has 0 fully saturated rings. The molecule has 184 valence electrons. The summed E-state index contributed by atoms with van der Waals surface area (Å²) in [6, 6.07) is 1.21. The highest BCUT2D eigenvalue weighted by Crippen LogP contribution is 2.12. The average Bonchev–Trinajstić information content (AvgIpc) is 2.79. The van der Waals surface area contributed by atoms with E-state index < -0.39 is 54.5 Å². The molecule has 5 unspecified atom stereocenters. The van der Waals surface area contributed by atoms with E-state index in [2.05, 4.69) is 28.6 Å². The fourth-order valence-electron chi connectivity index (χ4n) is 2.84. The third-order valence-electron chi connectivity index (χ3n) is 5.13. The molecule has 0 saturated heterocycles. The second-order valence-corrected chi connectivity index (χ2v) is 8.04. The van der Waals surface area contributed by atoms with Crippen LogP contribution in [0.25, 0.3) is 0 Å². The molecular weight excluding hydrogens is 452 g/mol. The summed E-state index contributed by atoms with van der Waals surface area (Å²) in [4.78, 5) is 49.2. The lowest BCUT2D eigenvalue weighted by atomic mass is 9.99. The molecule has 0 heterocycles. The van der Waals surface area contributed by atoms with Crippen molar-refractivity contribution in [1.82, 2.24) is 16.0 Å². The van der Waals surface area contributed by atoms with E-state index in [1.807, 2.05) is 0 Å². The Morgan fingerprint density at radius 2 is 1.55 bits per heavy atom. The second-order valence-electron chi connectivity index (χ2n) is 7.67. The van der Waals surface area contributed by atoms with Crippen molar-refractivity contribution < 1.29 is 34.5 Å². The first-order valence-electron chi connectivity index (χ1n) is 10.4. The Morgan fingerprint density at radius 3 is 2.03 bits per heavy atom. The number of nitrogens with one attached hydrogen (secondary N) is 3. The molecular formula is C21H32N4O7S. The minimum absolute atomic E-state index is 0.00152. The van der Waals surface area contributed by atoms with Gasteiger partial charge in [-0.15, -0.1) is 0 Å². The number of thiol groups is 1. The van der Waals surface area contributed by atoms with Gasteiger partial charge < -0.3 is 37.0 Å². The first-order valence-corrected chi connectivity index (χ1v) is 11.1. The number of phenols is 1. The van der Waals surface area contributed by atoms with Crippen molar-refractivity contribution in [2.75, 3.05) is 12.4 Å². The number of amides is 3. The Hall–Kier alpha value is -2.83. The number of carboxylic acids is 1. The summed E-state index contributed by atoms with van der Waals surface area (Å²) in [5.74, 6) is -3.88. The highest BCUT2D eigenvalue weighted by molar-refractivity contribution is 7.80. The largest absolute Gasteiger partial charge is 0.508 e. The summed E-state index contributed by atoms with van der Waals surface area (Å²) in [7, 11) is 0. The molecule has 5 atom stereocenters. The van der Waals surface area contributed by atoms with Gasteiger partial charge in [-0.1, -0.05) is 32.4 Å². The monoisotopic (exact) mass is 484 g/mol. The zero-order valence-corrected chi connectivity index (χ0v) is 19.4. The summed E-state index contributed by atoms with van der Waals surface area (Å²) in [5.41, 5.74) is 6.12. The van der Waals surface area contributed by atoms with E-state index in [4.69, 9.17) is 10.8 Å². The number of carbonyl (C=O) groups is 4. The van der Waals surface area contributed by atoms with Crippen LogP contribution < -0.4 is 21.7 Å². The van der Waals surface area contributed by atoms with E-state index in [-0.39, 0.29) is 23.8 Å². The van der Waals surface area contributed by atoms with E-state index in [0.29, 0.717) is 12.0 Å². The number of carboxylic acid groups (broad SMARTS) is 1. The average molecular weight is 485 g/mol. The molecule has 0 aliphatic heterocycles. The topological polar surface area (TPSA) is 191 Å². The Labute approximate surface area is 197 Å². The van der Waals surface area contributed by atoms with E-state index >= 15 is 0 Å². The Kier molecular flexibility index (Phi) is 11.7. The molecule has 0 radical (unpaired) electrons. The predicted octanol–water partition coefficient (Wildman–Crippen LogP) is -1.23. The fourth-order valence-corrected chi connectivity index (χ4v) is 3.10. The van der Waals surface area contributed by atoms with Gasteiger partial charge in [0.15, 0.2) is 0 Å². The van der Waals surface area contributed by atoms with Crippen LogP contribution >= 0.6 is 12.6 Å². The first kappa shape index (κ1) is 28.2. The molecule has 0 aromatic heterocycles. The molecule has 0 bridgehead atoms. The predicted molar refractivity (Wildman–Crippen MR) is 124 cm³/mol. The second kappa shape index (κ2) is 13.7. The Bertz CT molecular complexity index is 821. The van der Waals surface area contributed by atoms with Crippen molar-refractivity contribution in [3.8, 4) is 5.75 Å². The SMILES string of the molecule is CCC(C)C(NC(=O)C(CS)NC(=O)C(Cc1ccc(O)cc1)NC(=O)C(N)CO)C(=O)O. The molecule has 0 saturated carbocycles. The summed E-state index contributed by atoms with van der Waals surface area (Å²) in [6.45, 7) is 2.84. The lowest BCUT2D eigenvalue weighted by Gasteiger charge is -2.26. The molecule has 8 N–H and O–H groups in total. The van der Waals surface area contributed by atoms with Crippen LogP contribution in [0, 0.1) is 5.92 Å². The quantitative estimate of drug-likeness (QED) is 0.160. The van der Waals surface area contributed by atoms with Crippen LogP contribution in [0.2, 0.25) is 0 Å². The summed E-state index contributed by atoms with van der Waals surface area (Å²) in [5, 5.41) is 35.3.